The quantitative estimate of drug-likeness (QED) is 0.481. The monoisotopic (exact) mass is 301 g/mol. The molecule has 13 heavy (non-hydrogen) atoms. The SMILES string of the molecule is Nc1ccc(CI)c(C(F)(F)F)c1. The van der Waals surface area contributed by atoms with Crippen LogP contribution in [0.3, 0.4) is 0 Å². The average molecular weight is 301 g/mol. The topological polar surface area (TPSA) is 26.0 Å². The molecule has 72 valence electrons. The van der Waals surface area contributed by atoms with Gasteiger partial charge in [0, 0.05) is 10.1 Å². The van der Waals surface area contributed by atoms with E-state index in [1.54, 1.807) is 0 Å². The maximum absolute atomic E-state index is 12.4. The van der Waals surface area contributed by atoms with E-state index in [-0.39, 0.29) is 11.3 Å². The van der Waals surface area contributed by atoms with Crippen LogP contribution in [0.1, 0.15) is 11.1 Å². The van der Waals surface area contributed by atoms with Crippen molar-refractivity contribution >= 4 is 28.3 Å². The van der Waals surface area contributed by atoms with E-state index >= 15 is 0 Å². The molecule has 0 bridgehead atoms. The van der Waals surface area contributed by atoms with Crippen LogP contribution >= 0.6 is 22.6 Å². The highest BCUT2D eigenvalue weighted by atomic mass is 127. The summed E-state index contributed by atoms with van der Waals surface area (Å²) >= 11 is 1.89. The number of hydrogen-bond acceptors (Lipinski definition) is 1. The summed E-state index contributed by atoms with van der Waals surface area (Å²) in [6.07, 6.45) is -4.31. The summed E-state index contributed by atoms with van der Waals surface area (Å²) < 4.78 is 37.4. The van der Waals surface area contributed by atoms with Crippen molar-refractivity contribution in [3.05, 3.63) is 29.3 Å². The Labute approximate surface area is 87.3 Å². The fraction of sp³-hybridized carbons (Fsp3) is 0.250. The van der Waals surface area contributed by atoms with Gasteiger partial charge < -0.3 is 5.73 Å². The van der Waals surface area contributed by atoms with Gasteiger partial charge in [0.25, 0.3) is 0 Å². The van der Waals surface area contributed by atoms with Gasteiger partial charge >= 0.3 is 6.18 Å². The Balaban J connectivity index is 3.24. The molecule has 0 saturated carbocycles. The molecule has 0 saturated heterocycles. The lowest BCUT2D eigenvalue weighted by molar-refractivity contribution is -0.138. The van der Waals surface area contributed by atoms with Crippen LogP contribution in [0.5, 0.6) is 0 Å². The van der Waals surface area contributed by atoms with Gasteiger partial charge in [-0.25, -0.2) is 0 Å². The zero-order valence-electron chi connectivity index (χ0n) is 6.53. The highest BCUT2D eigenvalue weighted by Crippen LogP contribution is 2.34. The van der Waals surface area contributed by atoms with Crippen molar-refractivity contribution in [1.82, 2.24) is 0 Å². The number of anilines is 1. The van der Waals surface area contributed by atoms with Crippen molar-refractivity contribution in [3.8, 4) is 0 Å². The maximum Gasteiger partial charge on any atom is 0.416 e. The molecule has 1 aromatic carbocycles. The molecule has 0 aliphatic rings. The van der Waals surface area contributed by atoms with E-state index in [1.807, 2.05) is 22.6 Å². The lowest BCUT2D eigenvalue weighted by Gasteiger charge is -2.11. The Bertz CT molecular complexity index is 309. The highest BCUT2D eigenvalue weighted by molar-refractivity contribution is 14.1. The van der Waals surface area contributed by atoms with Crippen LogP contribution in [-0.4, -0.2) is 0 Å². The smallest absolute Gasteiger partial charge is 0.399 e. The van der Waals surface area contributed by atoms with Gasteiger partial charge in [0.15, 0.2) is 0 Å². The molecule has 5 heteroatoms. The van der Waals surface area contributed by atoms with Crippen molar-refractivity contribution in [2.45, 2.75) is 10.6 Å². The van der Waals surface area contributed by atoms with Gasteiger partial charge in [0.05, 0.1) is 5.56 Å². The summed E-state index contributed by atoms with van der Waals surface area (Å²) in [4.78, 5) is 0. The summed E-state index contributed by atoms with van der Waals surface area (Å²) in [6.45, 7) is 0. The molecule has 1 nitrogen and oxygen atoms in total. The van der Waals surface area contributed by atoms with Crippen molar-refractivity contribution < 1.29 is 13.2 Å². The lowest BCUT2D eigenvalue weighted by Crippen LogP contribution is -2.09. The molecule has 0 radical (unpaired) electrons. The Kier molecular flexibility index (Phi) is 3.05. The molecule has 0 aromatic heterocycles. The van der Waals surface area contributed by atoms with Gasteiger partial charge in [-0.05, 0) is 17.7 Å². The third-order valence-electron chi connectivity index (χ3n) is 1.58. The van der Waals surface area contributed by atoms with E-state index in [0.29, 0.717) is 4.43 Å². The summed E-state index contributed by atoms with van der Waals surface area (Å²) in [6, 6.07) is 3.85. The van der Waals surface area contributed by atoms with Crippen molar-refractivity contribution in [1.29, 1.82) is 0 Å². The van der Waals surface area contributed by atoms with E-state index < -0.39 is 11.7 Å². The molecule has 0 atom stereocenters. The Morgan fingerprint density at radius 2 is 1.92 bits per heavy atom. The second-order valence-electron chi connectivity index (χ2n) is 2.55. The van der Waals surface area contributed by atoms with Gasteiger partial charge in [-0.15, -0.1) is 0 Å². The molecule has 0 aliphatic heterocycles. The van der Waals surface area contributed by atoms with E-state index in [2.05, 4.69) is 0 Å². The Morgan fingerprint density at radius 1 is 1.31 bits per heavy atom. The summed E-state index contributed by atoms with van der Waals surface area (Å²) in [5.41, 5.74) is 5.05. The molecule has 1 rings (SSSR count). The number of hydrogen-bond donors (Lipinski definition) is 1. The number of benzene rings is 1. The van der Waals surface area contributed by atoms with Crippen molar-refractivity contribution in [2.24, 2.45) is 0 Å². The number of halogens is 4. The van der Waals surface area contributed by atoms with Crippen molar-refractivity contribution in [2.75, 3.05) is 5.73 Å². The van der Waals surface area contributed by atoms with Gasteiger partial charge in [0.1, 0.15) is 0 Å². The van der Waals surface area contributed by atoms with Crippen LogP contribution in [0.25, 0.3) is 0 Å². The second-order valence-corrected chi connectivity index (χ2v) is 3.31. The maximum atomic E-state index is 12.4. The zero-order chi connectivity index (χ0) is 10.1. The molecular weight excluding hydrogens is 294 g/mol. The largest absolute Gasteiger partial charge is 0.416 e. The van der Waals surface area contributed by atoms with Crippen LogP contribution in [0.15, 0.2) is 18.2 Å². The number of rotatable bonds is 1. The highest BCUT2D eigenvalue weighted by Gasteiger charge is 2.32. The van der Waals surface area contributed by atoms with Crippen LogP contribution in [-0.2, 0) is 10.6 Å². The first-order chi connectivity index (χ1) is 5.95. The molecular formula is C8H7F3IN. The normalized spacial score (nSPS) is 11.7. The van der Waals surface area contributed by atoms with Crippen molar-refractivity contribution in [3.63, 3.8) is 0 Å². The summed E-state index contributed by atoms with van der Waals surface area (Å²) in [5, 5.41) is 0. The van der Waals surface area contributed by atoms with E-state index in [0.717, 1.165) is 6.07 Å². The van der Waals surface area contributed by atoms with Crippen LogP contribution in [0.4, 0.5) is 18.9 Å². The van der Waals surface area contributed by atoms with Gasteiger partial charge in [-0.1, -0.05) is 28.7 Å². The third kappa shape index (κ3) is 2.49. The number of nitrogen functional groups attached to an aromatic ring is 1. The average Bonchev–Trinajstić information content (AvgIpc) is 2.03. The Morgan fingerprint density at radius 3 is 2.38 bits per heavy atom. The molecule has 2 N–H and O–H groups in total. The molecule has 0 aliphatic carbocycles. The Hall–Kier alpha value is -0.460. The predicted molar refractivity (Wildman–Crippen MR) is 53.6 cm³/mol. The van der Waals surface area contributed by atoms with Gasteiger partial charge in [-0.3, -0.25) is 0 Å². The van der Waals surface area contributed by atoms with Crippen LogP contribution in [0, 0.1) is 0 Å². The molecule has 0 spiro atoms. The molecule has 0 heterocycles. The molecule has 1 aromatic rings. The van der Waals surface area contributed by atoms with Gasteiger partial charge in [-0.2, -0.15) is 13.2 Å². The number of nitrogens with two attached hydrogens (primary N) is 1. The minimum absolute atomic E-state index is 0.140. The molecule has 0 amide bonds. The predicted octanol–water partition coefficient (Wildman–Crippen LogP) is 3.22. The van der Waals surface area contributed by atoms with Crippen LogP contribution in [0.2, 0.25) is 0 Å². The standard InChI is InChI=1S/C8H7F3IN/c9-8(10,11)7-3-6(13)2-1-5(7)4-12/h1-3H,4,13H2. The minimum atomic E-state index is -4.31. The summed E-state index contributed by atoms with van der Waals surface area (Å²) in [5.74, 6) is 0. The number of alkyl halides is 4. The fourth-order valence-corrected chi connectivity index (χ4v) is 1.64. The minimum Gasteiger partial charge on any atom is -0.399 e. The third-order valence-corrected chi connectivity index (χ3v) is 2.41. The zero-order valence-corrected chi connectivity index (χ0v) is 8.69. The first-order valence-electron chi connectivity index (χ1n) is 3.46. The van der Waals surface area contributed by atoms with E-state index in [9.17, 15) is 13.2 Å². The van der Waals surface area contributed by atoms with E-state index in [1.165, 1.54) is 12.1 Å². The summed E-state index contributed by atoms with van der Waals surface area (Å²) in [7, 11) is 0. The van der Waals surface area contributed by atoms with Crippen LogP contribution < -0.4 is 5.73 Å². The van der Waals surface area contributed by atoms with Gasteiger partial charge in [0.2, 0.25) is 0 Å². The second kappa shape index (κ2) is 3.73. The first kappa shape index (κ1) is 10.6. The lowest BCUT2D eigenvalue weighted by atomic mass is 10.1. The van der Waals surface area contributed by atoms with E-state index in [4.69, 9.17) is 5.73 Å². The fourth-order valence-electron chi connectivity index (χ4n) is 0.974. The molecule has 0 unspecified atom stereocenters. The first-order valence-corrected chi connectivity index (χ1v) is 4.99. The molecule has 0 fully saturated rings.